The van der Waals surface area contributed by atoms with E-state index >= 15 is 0 Å². The molecule has 144 valence electrons. The SMILES string of the molecule is CCOC(=O)N1CCN(C(=O)CSc2n[nH]c(-c3ccccc3F)n2)CC1. The number of nitrogens with zero attached hydrogens (tertiary/aromatic N) is 4. The van der Waals surface area contributed by atoms with E-state index in [0.29, 0.717) is 49.3 Å². The topological polar surface area (TPSA) is 91.4 Å². The Morgan fingerprint density at radius 3 is 2.63 bits per heavy atom. The van der Waals surface area contributed by atoms with E-state index in [1.54, 1.807) is 34.9 Å². The molecule has 1 aliphatic rings. The summed E-state index contributed by atoms with van der Waals surface area (Å²) in [5, 5.41) is 7.10. The molecule has 2 aromatic rings. The Morgan fingerprint density at radius 1 is 1.22 bits per heavy atom. The number of piperazine rings is 1. The summed E-state index contributed by atoms with van der Waals surface area (Å²) in [5.74, 6) is 0.0566. The fourth-order valence-corrected chi connectivity index (χ4v) is 3.36. The van der Waals surface area contributed by atoms with Crippen LogP contribution >= 0.6 is 11.8 Å². The number of aromatic nitrogens is 3. The second-order valence-electron chi connectivity index (χ2n) is 5.80. The Kier molecular flexibility index (Phi) is 6.28. The van der Waals surface area contributed by atoms with E-state index in [4.69, 9.17) is 4.74 Å². The highest BCUT2D eigenvalue weighted by Crippen LogP contribution is 2.21. The molecule has 8 nitrogen and oxygen atoms in total. The molecule has 27 heavy (non-hydrogen) atoms. The first-order chi connectivity index (χ1) is 13.1. The van der Waals surface area contributed by atoms with E-state index in [0.717, 1.165) is 0 Å². The minimum Gasteiger partial charge on any atom is -0.450 e. The largest absolute Gasteiger partial charge is 0.450 e. The number of thioether (sulfide) groups is 1. The van der Waals surface area contributed by atoms with Crippen LogP contribution in [0.15, 0.2) is 29.4 Å². The summed E-state index contributed by atoms with van der Waals surface area (Å²) < 4.78 is 18.7. The number of halogens is 1. The molecule has 0 bridgehead atoms. The lowest BCUT2D eigenvalue weighted by molar-refractivity contribution is -0.129. The lowest BCUT2D eigenvalue weighted by Gasteiger charge is -2.33. The Morgan fingerprint density at radius 2 is 1.93 bits per heavy atom. The Balaban J connectivity index is 1.49. The van der Waals surface area contributed by atoms with Gasteiger partial charge in [-0.3, -0.25) is 9.89 Å². The molecule has 1 saturated heterocycles. The summed E-state index contributed by atoms with van der Waals surface area (Å²) in [7, 11) is 0. The number of hydrogen-bond acceptors (Lipinski definition) is 6. The summed E-state index contributed by atoms with van der Waals surface area (Å²) in [6.45, 7) is 3.93. The van der Waals surface area contributed by atoms with Crippen LogP contribution in [0.1, 0.15) is 6.92 Å². The van der Waals surface area contributed by atoms with Crippen LogP contribution in [0.25, 0.3) is 11.4 Å². The average molecular weight is 393 g/mol. The summed E-state index contributed by atoms with van der Waals surface area (Å²) >= 11 is 1.19. The normalized spacial score (nSPS) is 14.3. The zero-order valence-corrected chi connectivity index (χ0v) is 15.7. The fourth-order valence-electron chi connectivity index (χ4n) is 2.66. The van der Waals surface area contributed by atoms with Crippen molar-refractivity contribution in [3.8, 4) is 11.4 Å². The van der Waals surface area contributed by atoms with Gasteiger partial charge in [0.1, 0.15) is 5.82 Å². The third-order valence-corrected chi connectivity index (χ3v) is 4.91. The van der Waals surface area contributed by atoms with Crippen molar-refractivity contribution in [2.24, 2.45) is 0 Å². The van der Waals surface area contributed by atoms with E-state index in [9.17, 15) is 14.0 Å². The number of rotatable bonds is 5. The Labute approximate surface area is 160 Å². The van der Waals surface area contributed by atoms with Gasteiger partial charge in [0, 0.05) is 26.2 Å². The van der Waals surface area contributed by atoms with Crippen LogP contribution in [0, 0.1) is 5.82 Å². The molecular weight excluding hydrogens is 373 g/mol. The minimum absolute atomic E-state index is 0.0549. The first kappa shape index (κ1) is 19.2. The molecule has 2 heterocycles. The second-order valence-corrected chi connectivity index (χ2v) is 6.74. The van der Waals surface area contributed by atoms with E-state index in [1.165, 1.54) is 17.8 Å². The van der Waals surface area contributed by atoms with Crippen molar-refractivity contribution < 1.29 is 18.7 Å². The number of aromatic amines is 1. The first-order valence-corrected chi connectivity index (χ1v) is 9.56. The average Bonchev–Trinajstić information content (AvgIpc) is 3.15. The van der Waals surface area contributed by atoms with E-state index < -0.39 is 0 Å². The van der Waals surface area contributed by atoms with Gasteiger partial charge >= 0.3 is 6.09 Å². The van der Waals surface area contributed by atoms with Crippen LogP contribution in [0.5, 0.6) is 0 Å². The van der Waals surface area contributed by atoms with Gasteiger partial charge in [-0.2, -0.15) is 0 Å². The van der Waals surface area contributed by atoms with Crippen molar-refractivity contribution in [2.75, 3.05) is 38.5 Å². The van der Waals surface area contributed by atoms with E-state index in [-0.39, 0.29) is 23.6 Å². The summed E-state index contributed by atoms with van der Waals surface area (Å²) in [6.07, 6.45) is -0.347. The number of ether oxygens (including phenoxy) is 1. The van der Waals surface area contributed by atoms with Gasteiger partial charge in [-0.15, -0.1) is 5.10 Å². The van der Waals surface area contributed by atoms with Crippen LogP contribution in [-0.2, 0) is 9.53 Å². The molecular formula is C17H20FN5O3S. The van der Waals surface area contributed by atoms with E-state index in [2.05, 4.69) is 15.2 Å². The van der Waals surface area contributed by atoms with Gasteiger partial charge in [0.2, 0.25) is 11.1 Å². The van der Waals surface area contributed by atoms with Crippen LogP contribution in [0.3, 0.4) is 0 Å². The van der Waals surface area contributed by atoms with Gasteiger partial charge in [0.25, 0.3) is 0 Å². The molecule has 0 unspecified atom stereocenters. The minimum atomic E-state index is -0.388. The first-order valence-electron chi connectivity index (χ1n) is 8.58. The van der Waals surface area contributed by atoms with Crippen LogP contribution in [0.2, 0.25) is 0 Å². The third-order valence-electron chi connectivity index (χ3n) is 4.08. The molecule has 0 atom stereocenters. The molecule has 0 saturated carbocycles. The molecule has 3 rings (SSSR count). The van der Waals surface area contributed by atoms with Gasteiger partial charge in [-0.25, -0.2) is 14.2 Å². The number of nitrogens with one attached hydrogen (secondary N) is 1. The summed E-state index contributed by atoms with van der Waals surface area (Å²) in [5.41, 5.74) is 0.332. The molecule has 1 fully saturated rings. The van der Waals surface area contributed by atoms with E-state index in [1.807, 2.05) is 0 Å². The fraction of sp³-hybridized carbons (Fsp3) is 0.412. The lowest BCUT2D eigenvalue weighted by atomic mass is 10.2. The number of carbonyl (C=O) groups excluding carboxylic acids is 2. The highest BCUT2D eigenvalue weighted by atomic mass is 32.2. The highest BCUT2D eigenvalue weighted by Gasteiger charge is 2.25. The van der Waals surface area contributed by atoms with Crippen LogP contribution in [-0.4, -0.2) is 75.5 Å². The zero-order chi connectivity index (χ0) is 19.2. The molecule has 1 aromatic heterocycles. The molecule has 1 aromatic carbocycles. The summed E-state index contributed by atoms with van der Waals surface area (Å²) in [4.78, 5) is 31.6. The predicted octanol–water partition coefficient (Wildman–Crippen LogP) is 2.00. The molecule has 2 amide bonds. The predicted molar refractivity (Wildman–Crippen MR) is 97.7 cm³/mol. The molecule has 0 spiro atoms. The van der Waals surface area contributed by atoms with Crippen molar-refractivity contribution in [3.05, 3.63) is 30.1 Å². The van der Waals surface area contributed by atoms with Crippen molar-refractivity contribution in [2.45, 2.75) is 12.1 Å². The van der Waals surface area contributed by atoms with Crippen LogP contribution < -0.4 is 0 Å². The zero-order valence-electron chi connectivity index (χ0n) is 14.9. The summed E-state index contributed by atoms with van der Waals surface area (Å²) in [6, 6.07) is 6.28. The van der Waals surface area contributed by atoms with Crippen molar-refractivity contribution in [3.63, 3.8) is 0 Å². The smallest absolute Gasteiger partial charge is 0.409 e. The third kappa shape index (κ3) is 4.76. The Bertz CT molecular complexity index is 807. The Hall–Kier alpha value is -2.62. The maximum Gasteiger partial charge on any atom is 0.409 e. The number of hydrogen-bond donors (Lipinski definition) is 1. The van der Waals surface area contributed by atoms with Gasteiger partial charge in [0.15, 0.2) is 5.82 Å². The van der Waals surface area contributed by atoms with Crippen molar-refractivity contribution in [1.29, 1.82) is 0 Å². The molecule has 0 aliphatic carbocycles. The lowest BCUT2D eigenvalue weighted by Crippen LogP contribution is -2.51. The molecule has 1 aliphatic heterocycles. The van der Waals surface area contributed by atoms with Crippen molar-refractivity contribution in [1.82, 2.24) is 25.0 Å². The number of benzene rings is 1. The van der Waals surface area contributed by atoms with Gasteiger partial charge in [-0.05, 0) is 19.1 Å². The maximum atomic E-state index is 13.8. The number of amides is 2. The van der Waals surface area contributed by atoms with Gasteiger partial charge < -0.3 is 14.5 Å². The number of carbonyl (C=O) groups is 2. The molecule has 0 radical (unpaired) electrons. The van der Waals surface area contributed by atoms with Gasteiger partial charge in [0.05, 0.1) is 17.9 Å². The quantitative estimate of drug-likeness (QED) is 0.782. The number of H-pyrrole nitrogens is 1. The monoisotopic (exact) mass is 393 g/mol. The molecule has 1 N–H and O–H groups in total. The van der Waals surface area contributed by atoms with Crippen molar-refractivity contribution >= 4 is 23.8 Å². The maximum absolute atomic E-state index is 13.8. The van der Waals surface area contributed by atoms with Crippen LogP contribution in [0.4, 0.5) is 9.18 Å². The molecule has 10 heteroatoms. The second kappa shape index (κ2) is 8.85. The highest BCUT2D eigenvalue weighted by molar-refractivity contribution is 7.99. The van der Waals surface area contributed by atoms with Gasteiger partial charge in [-0.1, -0.05) is 23.9 Å². The standard InChI is InChI=1S/C17H20FN5O3S/c1-2-26-17(25)23-9-7-22(8-10-23)14(24)11-27-16-19-15(20-21-16)12-5-3-4-6-13(12)18/h3-6H,2,7-11H2,1H3,(H,19,20,21).